The molecular formula is C30H30N2O5S2. The SMILES string of the molecule is CCOC(=O)c1sc(-c2ccc(OCC(C)C)c(-c3cc(C(=O)OCC)n4c3sc3ccccc34)c2)nc1C. The van der Waals surface area contributed by atoms with Crippen molar-refractivity contribution in [3.63, 3.8) is 0 Å². The standard InChI is InChI=1S/C30H30N2O5S2/c1-6-35-29(33)23-15-21(28-32(23)22-10-8-9-11-25(22)38-28)20-14-19(12-13-24(20)37-16-17(3)4)27-31-18(5)26(39-27)30(34)36-7-2/h8-15,17H,6-7,16H2,1-5H3. The van der Waals surface area contributed by atoms with Crippen molar-refractivity contribution in [2.75, 3.05) is 19.8 Å². The minimum atomic E-state index is -0.377. The van der Waals surface area contributed by atoms with Crippen LogP contribution in [0.15, 0.2) is 48.5 Å². The highest BCUT2D eigenvalue weighted by atomic mass is 32.1. The Morgan fingerprint density at radius 2 is 1.69 bits per heavy atom. The van der Waals surface area contributed by atoms with Gasteiger partial charge in [-0.05, 0) is 63.1 Å². The summed E-state index contributed by atoms with van der Waals surface area (Å²) < 4.78 is 19.9. The molecule has 39 heavy (non-hydrogen) atoms. The summed E-state index contributed by atoms with van der Waals surface area (Å²) in [5, 5.41) is 0.713. The molecule has 0 spiro atoms. The molecule has 0 atom stereocenters. The van der Waals surface area contributed by atoms with Gasteiger partial charge in [0.05, 0.1) is 35.7 Å². The van der Waals surface area contributed by atoms with Crippen LogP contribution in [0.4, 0.5) is 0 Å². The van der Waals surface area contributed by atoms with Crippen molar-refractivity contribution in [3.8, 4) is 27.4 Å². The Morgan fingerprint density at radius 1 is 0.949 bits per heavy atom. The molecule has 2 aromatic carbocycles. The number of thiazole rings is 2. The molecule has 0 fully saturated rings. The van der Waals surface area contributed by atoms with E-state index >= 15 is 0 Å². The van der Waals surface area contributed by atoms with Crippen LogP contribution in [0.25, 0.3) is 36.7 Å². The fourth-order valence-corrected chi connectivity index (χ4v) is 6.52. The lowest BCUT2D eigenvalue weighted by molar-refractivity contribution is 0.0513. The topological polar surface area (TPSA) is 79.1 Å². The Hall–Kier alpha value is -3.69. The fourth-order valence-electron chi connectivity index (χ4n) is 4.37. The summed E-state index contributed by atoms with van der Waals surface area (Å²) in [4.78, 5) is 31.6. The van der Waals surface area contributed by atoms with Crippen LogP contribution in [-0.2, 0) is 9.47 Å². The minimum absolute atomic E-state index is 0.286. The van der Waals surface area contributed by atoms with E-state index in [2.05, 4.69) is 18.8 Å². The third-order valence-electron chi connectivity index (χ3n) is 6.10. The summed E-state index contributed by atoms with van der Waals surface area (Å²) in [6.45, 7) is 10.7. The molecule has 5 aromatic rings. The fraction of sp³-hybridized carbons (Fsp3) is 0.300. The third-order valence-corrected chi connectivity index (χ3v) is 8.45. The van der Waals surface area contributed by atoms with Gasteiger partial charge < -0.3 is 14.2 Å². The number of hydrogen-bond acceptors (Lipinski definition) is 8. The predicted octanol–water partition coefficient (Wildman–Crippen LogP) is 7.64. The van der Waals surface area contributed by atoms with E-state index in [1.165, 1.54) is 11.3 Å². The number of nitrogens with zero attached hydrogens (tertiary/aromatic N) is 2. The molecule has 0 aliphatic rings. The average molecular weight is 563 g/mol. The van der Waals surface area contributed by atoms with Gasteiger partial charge in [-0.15, -0.1) is 22.7 Å². The summed E-state index contributed by atoms with van der Waals surface area (Å²) >= 11 is 2.93. The summed E-state index contributed by atoms with van der Waals surface area (Å²) in [6.07, 6.45) is 0. The molecule has 0 aliphatic heterocycles. The van der Waals surface area contributed by atoms with Gasteiger partial charge in [-0.1, -0.05) is 26.0 Å². The van der Waals surface area contributed by atoms with Gasteiger partial charge in [-0.2, -0.15) is 0 Å². The van der Waals surface area contributed by atoms with E-state index in [-0.39, 0.29) is 18.5 Å². The Kier molecular flexibility index (Phi) is 7.72. The van der Waals surface area contributed by atoms with Crippen LogP contribution in [0.3, 0.4) is 0 Å². The van der Waals surface area contributed by atoms with Crippen molar-refractivity contribution >= 4 is 49.7 Å². The van der Waals surface area contributed by atoms with E-state index in [4.69, 9.17) is 14.2 Å². The second-order valence-corrected chi connectivity index (χ2v) is 11.5. The zero-order valence-corrected chi connectivity index (χ0v) is 24.2. The van der Waals surface area contributed by atoms with Gasteiger partial charge in [0.25, 0.3) is 0 Å². The van der Waals surface area contributed by atoms with Crippen molar-refractivity contribution in [1.82, 2.24) is 9.38 Å². The maximum absolute atomic E-state index is 13.1. The molecule has 0 saturated carbocycles. The molecular weight excluding hydrogens is 532 g/mol. The molecule has 0 aliphatic carbocycles. The Balaban J connectivity index is 1.72. The van der Waals surface area contributed by atoms with Crippen molar-refractivity contribution in [2.45, 2.75) is 34.6 Å². The number of rotatable bonds is 9. The van der Waals surface area contributed by atoms with Crippen LogP contribution in [-0.4, -0.2) is 41.1 Å². The van der Waals surface area contributed by atoms with Gasteiger partial charge >= 0.3 is 11.9 Å². The highest BCUT2D eigenvalue weighted by Crippen LogP contribution is 2.43. The van der Waals surface area contributed by atoms with Crippen LogP contribution in [0.2, 0.25) is 0 Å². The van der Waals surface area contributed by atoms with Gasteiger partial charge in [0.2, 0.25) is 0 Å². The first kappa shape index (κ1) is 26.9. The maximum Gasteiger partial charge on any atom is 0.355 e. The monoisotopic (exact) mass is 562 g/mol. The maximum atomic E-state index is 13.1. The van der Waals surface area contributed by atoms with Gasteiger partial charge in [0, 0.05) is 16.7 Å². The molecule has 3 aromatic heterocycles. The van der Waals surface area contributed by atoms with Crippen molar-refractivity contribution in [1.29, 1.82) is 0 Å². The second kappa shape index (κ2) is 11.2. The van der Waals surface area contributed by atoms with Crippen LogP contribution in [0.1, 0.15) is 53.5 Å². The number of hydrogen-bond donors (Lipinski definition) is 0. The van der Waals surface area contributed by atoms with Crippen LogP contribution < -0.4 is 4.74 Å². The quantitative estimate of drug-likeness (QED) is 0.172. The number of esters is 2. The van der Waals surface area contributed by atoms with E-state index in [1.54, 1.807) is 25.2 Å². The molecule has 7 nitrogen and oxygen atoms in total. The van der Waals surface area contributed by atoms with Crippen molar-refractivity contribution in [2.24, 2.45) is 5.92 Å². The van der Waals surface area contributed by atoms with Crippen molar-refractivity contribution in [3.05, 3.63) is 64.8 Å². The molecule has 202 valence electrons. The molecule has 0 unspecified atom stereocenters. The zero-order valence-electron chi connectivity index (χ0n) is 22.6. The zero-order chi connectivity index (χ0) is 27.7. The van der Waals surface area contributed by atoms with Crippen LogP contribution >= 0.6 is 22.7 Å². The molecule has 9 heteroatoms. The van der Waals surface area contributed by atoms with Gasteiger partial charge in [0.1, 0.15) is 26.2 Å². The Morgan fingerprint density at radius 3 is 2.44 bits per heavy atom. The minimum Gasteiger partial charge on any atom is -0.493 e. The molecule has 0 amide bonds. The van der Waals surface area contributed by atoms with Crippen molar-refractivity contribution < 1.29 is 23.8 Å². The van der Waals surface area contributed by atoms with E-state index in [1.807, 2.05) is 59.9 Å². The summed E-state index contributed by atoms with van der Waals surface area (Å²) in [5.41, 5.74) is 4.62. The number of carbonyl (C=O) groups excluding carboxylic acids is 2. The summed E-state index contributed by atoms with van der Waals surface area (Å²) in [6, 6.07) is 15.8. The van der Waals surface area contributed by atoms with E-state index in [0.717, 1.165) is 31.7 Å². The third kappa shape index (κ3) is 5.16. The number of aryl methyl sites for hydroxylation is 1. The van der Waals surface area contributed by atoms with E-state index < -0.39 is 0 Å². The molecule has 0 radical (unpaired) electrons. The van der Waals surface area contributed by atoms with E-state index in [9.17, 15) is 9.59 Å². The van der Waals surface area contributed by atoms with Gasteiger partial charge in [-0.3, -0.25) is 4.40 Å². The van der Waals surface area contributed by atoms with E-state index in [0.29, 0.717) is 46.2 Å². The number of aromatic nitrogens is 2. The second-order valence-electron chi connectivity index (χ2n) is 9.44. The highest BCUT2D eigenvalue weighted by molar-refractivity contribution is 7.24. The number of fused-ring (bicyclic) bond motifs is 3. The van der Waals surface area contributed by atoms with Gasteiger partial charge in [0.15, 0.2) is 0 Å². The Labute approximate surface area is 235 Å². The number of carbonyl (C=O) groups is 2. The smallest absolute Gasteiger partial charge is 0.355 e. The molecule has 5 rings (SSSR count). The van der Waals surface area contributed by atoms with Crippen LogP contribution in [0, 0.1) is 12.8 Å². The normalized spacial score (nSPS) is 11.4. The summed E-state index contributed by atoms with van der Waals surface area (Å²) in [7, 11) is 0. The number of para-hydroxylation sites is 1. The lowest BCUT2D eigenvalue weighted by Crippen LogP contribution is -2.07. The molecule has 0 N–H and O–H groups in total. The van der Waals surface area contributed by atoms with Crippen LogP contribution in [0.5, 0.6) is 5.75 Å². The number of benzene rings is 2. The predicted molar refractivity (Wildman–Crippen MR) is 156 cm³/mol. The lowest BCUT2D eigenvalue weighted by atomic mass is 10.0. The molecule has 3 heterocycles. The first-order chi connectivity index (χ1) is 18.8. The summed E-state index contributed by atoms with van der Waals surface area (Å²) in [5.74, 6) is 0.304. The number of ether oxygens (including phenoxy) is 3. The Bertz CT molecular complexity index is 1680. The average Bonchev–Trinajstić information content (AvgIpc) is 3.60. The highest BCUT2D eigenvalue weighted by Gasteiger charge is 2.24. The largest absolute Gasteiger partial charge is 0.493 e. The molecule has 0 saturated heterocycles. The first-order valence-corrected chi connectivity index (χ1v) is 14.6. The lowest BCUT2D eigenvalue weighted by Gasteiger charge is -2.14. The first-order valence-electron chi connectivity index (χ1n) is 12.9. The molecule has 0 bridgehead atoms. The van der Waals surface area contributed by atoms with Gasteiger partial charge in [-0.25, -0.2) is 14.6 Å².